The van der Waals surface area contributed by atoms with E-state index in [2.05, 4.69) is 34.6 Å². The van der Waals surface area contributed by atoms with Gasteiger partial charge in [0.1, 0.15) is 0 Å². The topological polar surface area (TPSA) is 57.8 Å². The van der Waals surface area contributed by atoms with Crippen LogP contribution < -0.4 is 5.32 Å². The molecule has 2 rings (SSSR count). The first-order chi connectivity index (χ1) is 9.29. The number of aromatic amines is 1. The van der Waals surface area contributed by atoms with Crippen LogP contribution in [0.4, 0.5) is 5.82 Å². The molecule has 0 saturated heterocycles. The number of carbonyl (C=O) groups excluding carboxylic acids is 1. The summed E-state index contributed by atoms with van der Waals surface area (Å²) in [6.45, 7) is 2.15. The second-order valence-electron chi connectivity index (χ2n) is 4.23. The molecule has 1 heterocycles. The van der Waals surface area contributed by atoms with E-state index in [1.807, 2.05) is 24.3 Å². The Bertz CT molecular complexity index is 541. The van der Waals surface area contributed by atoms with Gasteiger partial charge in [0.25, 0.3) is 5.91 Å². The molecule has 1 aromatic heterocycles. The average molecular weight is 255 g/mol. The van der Waals surface area contributed by atoms with Crippen LogP contribution in [0, 0.1) is 0 Å². The number of hydrogen-bond donors (Lipinski definition) is 2. The molecule has 2 N–H and O–H groups in total. The Balaban J connectivity index is 1.99. The third-order valence-corrected chi connectivity index (χ3v) is 2.68. The Morgan fingerprint density at radius 3 is 2.74 bits per heavy atom. The van der Waals surface area contributed by atoms with Crippen molar-refractivity contribution in [3.63, 3.8) is 0 Å². The van der Waals surface area contributed by atoms with Gasteiger partial charge in [-0.25, -0.2) is 0 Å². The molecular formula is C15H17N3O. The lowest BCUT2D eigenvalue weighted by atomic mass is 10.1. The summed E-state index contributed by atoms with van der Waals surface area (Å²) in [5.74, 6) is 0.369. The van der Waals surface area contributed by atoms with Crippen molar-refractivity contribution >= 4 is 17.8 Å². The molecule has 2 aromatic rings. The van der Waals surface area contributed by atoms with Gasteiger partial charge in [-0.05, 0) is 24.1 Å². The summed E-state index contributed by atoms with van der Waals surface area (Å²) in [4.78, 5) is 11.9. The van der Waals surface area contributed by atoms with Crippen LogP contribution in [0.1, 0.15) is 35.7 Å². The van der Waals surface area contributed by atoms with Gasteiger partial charge in [0.05, 0.1) is 0 Å². The van der Waals surface area contributed by atoms with Crippen molar-refractivity contribution in [2.75, 3.05) is 5.32 Å². The van der Waals surface area contributed by atoms with Gasteiger partial charge in [0.15, 0.2) is 5.82 Å². The molecular weight excluding hydrogens is 238 g/mol. The summed E-state index contributed by atoms with van der Waals surface area (Å²) < 4.78 is 0. The summed E-state index contributed by atoms with van der Waals surface area (Å²) >= 11 is 0. The van der Waals surface area contributed by atoms with E-state index in [-0.39, 0.29) is 5.91 Å². The number of carbonyl (C=O) groups is 1. The van der Waals surface area contributed by atoms with Gasteiger partial charge >= 0.3 is 0 Å². The molecule has 4 heteroatoms. The molecule has 0 bridgehead atoms. The van der Waals surface area contributed by atoms with Crippen molar-refractivity contribution in [2.45, 2.75) is 19.8 Å². The van der Waals surface area contributed by atoms with E-state index in [4.69, 9.17) is 0 Å². The highest BCUT2D eigenvalue weighted by atomic mass is 16.1. The minimum absolute atomic E-state index is 0.156. The third-order valence-electron chi connectivity index (χ3n) is 2.68. The molecule has 0 atom stereocenters. The SMILES string of the molecule is CCC/C=C/c1ccc(C(=O)Nc2cc[nH]n2)cc1. The summed E-state index contributed by atoms with van der Waals surface area (Å²) in [7, 11) is 0. The van der Waals surface area contributed by atoms with Gasteiger partial charge in [0, 0.05) is 17.8 Å². The maximum atomic E-state index is 11.9. The largest absolute Gasteiger partial charge is 0.305 e. The number of aromatic nitrogens is 2. The van der Waals surface area contributed by atoms with Crippen molar-refractivity contribution in [1.82, 2.24) is 10.2 Å². The van der Waals surface area contributed by atoms with E-state index in [1.54, 1.807) is 12.3 Å². The molecule has 0 unspecified atom stereocenters. The highest BCUT2D eigenvalue weighted by Gasteiger charge is 2.06. The summed E-state index contributed by atoms with van der Waals surface area (Å²) in [6.07, 6.45) is 8.08. The van der Waals surface area contributed by atoms with Gasteiger partial charge in [-0.2, -0.15) is 5.10 Å². The fourth-order valence-electron chi connectivity index (χ4n) is 1.65. The zero-order valence-corrected chi connectivity index (χ0v) is 10.9. The Morgan fingerprint density at radius 1 is 1.32 bits per heavy atom. The number of rotatable bonds is 5. The normalized spacial score (nSPS) is 10.8. The molecule has 1 aromatic carbocycles. The van der Waals surface area contributed by atoms with E-state index in [1.165, 1.54) is 0 Å². The Morgan fingerprint density at radius 2 is 2.11 bits per heavy atom. The zero-order valence-electron chi connectivity index (χ0n) is 10.9. The zero-order chi connectivity index (χ0) is 13.5. The van der Waals surface area contributed by atoms with Crippen LogP contribution in [0.2, 0.25) is 0 Å². The number of H-pyrrole nitrogens is 1. The highest BCUT2D eigenvalue weighted by Crippen LogP contribution is 2.09. The number of unbranched alkanes of at least 4 members (excludes halogenated alkanes) is 1. The van der Waals surface area contributed by atoms with Crippen LogP contribution in [0.15, 0.2) is 42.6 Å². The fourth-order valence-corrected chi connectivity index (χ4v) is 1.65. The maximum Gasteiger partial charge on any atom is 0.256 e. The second kappa shape index (κ2) is 6.54. The minimum Gasteiger partial charge on any atom is -0.305 e. The summed E-state index contributed by atoms with van der Waals surface area (Å²) in [5.41, 5.74) is 1.72. The smallest absolute Gasteiger partial charge is 0.256 e. The molecule has 0 aliphatic rings. The number of amides is 1. The van der Waals surface area contributed by atoms with Gasteiger partial charge in [-0.1, -0.05) is 37.6 Å². The van der Waals surface area contributed by atoms with Crippen LogP contribution >= 0.6 is 0 Å². The first kappa shape index (κ1) is 13.1. The van der Waals surface area contributed by atoms with E-state index in [9.17, 15) is 4.79 Å². The standard InChI is InChI=1S/C15H17N3O/c1-2-3-4-5-12-6-8-13(9-7-12)15(19)17-14-10-11-16-18-14/h4-11H,2-3H2,1H3,(H2,16,17,18,19)/b5-4+. The molecule has 0 saturated carbocycles. The van der Waals surface area contributed by atoms with Crippen LogP contribution in [0.3, 0.4) is 0 Å². The predicted octanol–water partition coefficient (Wildman–Crippen LogP) is 3.48. The molecule has 0 fully saturated rings. The number of benzene rings is 1. The first-order valence-electron chi connectivity index (χ1n) is 6.37. The minimum atomic E-state index is -0.156. The quantitative estimate of drug-likeness (QED) is 0.859. The number of anilines is 1. The molecule has 0 aliphatic carbocycles. The molecule has 1 amide bonds. The van der Waals surface area contributed by atoms with Crippen molar-refractivity contribution < 1.29 is 4.79 Å². The maximum absolute atomic E-state index is 11.9. The lowest BCUT2D eigenvalue weighted by Gasteiger charge is -2.02. The Labute approximate surface area is 112 Å². The first-order valence-corrected chi connectivity index (χ1v) is 6.37. The van der Waals surface area contributed by atoms with Crippen LogP contribution in [-0.4, -0.2) is 16.1 Å². The molecule has 0 aliphatic heterocycles. The van der Waals surface area contributed by atoms with E-state index in [0.29, 0.717) is 11.4 Å². The van der Waals surface area contributed by atoms with Crippen molar-refractivity contribution in [1.29, 1.82) is 0 Å². The molecule has 19 heavy (non-hydrogen) atoms. The Hall–Kier alpha value is -2.36. The van der Waals surface area contributed by atoms with Crippen molar-refractivity contribution in [3.8, 4) is 0 Å². The molecule has 98 valence electrons. The number of allylic oxidation sites excluding steroid dienone is 1. The van der Waals surface area contributed by atoms with Crippen LogP contribution in [0.5, 0.6) is 0 Å². The van der Waals surface area contributed by atoms with Gasteiger partial charge in [-0.3, -0.25) is 9.89 Å². The molecule has 0 radical (unpaired) electrons. The van der Waals surface area contributed by atoms with E-state index in [0.717, 1.165) is 18.4 Å². The second-order valence-corrected chi connectivity index (χ2v) is 4.23. The van der Waals surface area contributed by atoms with Crippen molar-refractivity contribution in [2.24, 2.45) is 0 Å². The van der Waals surface area contributed by atoms with E-state index >= 15 is 0 Å². The lowest BCUT2D eigenvalue weighted by Crippen LogP contribution is -2.11. The number of nitrogens with zero attached hydrogens (tertiary/aromatic N) is 1. The summed E-state index contributed by atoms with van der Waals surface area (Å²) in [5, 5.41) is 9.24. The number of nitrogens with one attached hydrogen (secondary N) is 2. The van der Waals surface area contributed by atoms with Crippen LogP contribution in [-0.2, 0) is 0 Å². The summed E-state index contributed by atoms with van der Waals surface area (Å²) in [6, 6.07) is 9.21. The van der Waals surface area contributed by atoms with Gasteiger partial charge < -0.3 is 5.32 Å². The van der Waals surface area contributed by atoms with E-state index < -0.39 is 0 Å². The Kier molecular flexibility index (Phi) is 4.50. The number of hydrogen-bond acceptors (Lipinski definition) is 2. The van der Waals surface area contributed by atoms with Crippen LogP contribution in [0.25, 0.3) is 6.08 Å². The molecule has 4 nitrogen and oxygen atoms in total. The van der Waals surface area contributed by atoms with Gasteiger partial charge in [-0.15, -0.1) is 0 Å². The average Bonchev–Trinajstić information content (AvgIpc) is 2.93. The van der Waals surface area contributed by atoms with Gasteiger partial charge in [0.2, 0.25) is 0 Å². The van der Waals surface area contributed by atoms with Crippen molar-refractivity contribution in [3.05, 3.63) is 53.7 Å². The molecule has 0 spiro atoms. The monoisotopic (exact) mass is 255 g/mol. The fraction of sp³-hybridized carbons (Fsp3) is 0.200. The highest BCUT2D eigenvalue weighted by molar-refractivity contribution is 6.03. The predicted molar refractivity (Wildman–Crippen MR) is 76.9 cm³/mol. The third kappa shape index (κ3) is 3.81. The lowest BCUT2D eigenvalue weighted by molar-refractivity contribution is 0.102.